The van der Waals surface area contributed by atoms with Gasteiger partial charge in [0.15, 0.2) is 0 Å². The number of carbonyl (C=O) groups is 2. The lowest BCUT2D eigenvalue weighted by Gasteiger charge is -2.07. The van der Waals surface area contributed by atoms with Crippen LogP contribution in [0.25, 0.3) is 11.1 Å². The minimum absolute atomic E-state index is 0.0391. The van der Waals surface area contributed by atoms with Crippen LogP contribution in [0.1, 0.15) is 30.9 Å². The molecule has 5 nitrogen and oxygen atoms in total. The van der Waals surface area contributed by atoms with E-state index in [4.69, 9.17) is 0 Å². The van der Waals surface area contributed by atoms with Crippen LogP contribution in [0, 0.1) is 0 Å². The van der Waals surface area contributed by atoms with Crippen LogP contribution in [0.4, 0.5) is 16.2 Å². The van der Waals surface area contributed by atoms with Crippen molar-refractivity contribution in [2.75, 3.05) is 10.6 Å². The summed E-state index contributed by atoms with van der Waals surface area (Å²) in [6.07, 6.45) is 2.14. The number of thiol groups is 1. The summed E-state index contributed by atoms with van der Waals surface area (Å²) in [7, 11) is 0. The number of anilines is 2. The molecule has 3 rings (SSSR count). The number of rotatable bonds is 4. The van der Waals surface area contributed by atoms with Gasteiger partial charge in [0.25, 0.3) is 0 Å². The number of carbonyl (C=O) groups excluding carboxylic acids is 2. The van der Waals surface area contributed by atoms with Gasteiger partial charge in [-0.2, -0.15) is 0 Å². The minimum Gasteiger partial charge on any atom is -0.326 e. The maximum absolute atomic E-state index is 11.7. The van der Waals surface area contributed by atoms with E-state index in [9.17, 15) is 9.59 Å². The Bertz CT molecular complexity index is 805. The van der Waals surface area contributed by atoms with Gasteiger partial charge in [0.05, 0.1) is 0 Å². The second kappa shape index (κ2) is 6.97. The Morgan fingerprint density at radius 1 is 1.00 bits per heavy atom. The smallest absolute Gasteiger partial charge is 0.326 e. The summed E-state index contributed by atoms with van der Waals surface area (Å²) < 4.78 is 2.24. The first-order valence-electron chi connectivity index (χ1n) is 7.88. The van der Waals surface area contributed by atoms with Crippen LogP contribution in [0.2, 0.25) is 0 Å². The third kappa shape index (κ3) is 3.38. The van der Waals surface area contributed by atoms with E-state index in [1.807, 2.05) is 43.3 Å². The molecule has 0 aliphatic heterocycles. The molecule has 0 unspecified atom stereocenters. The van der Waals surface area contributed by atoms with Gasteiger partial charge in [-0.3, -0.25) is 9.52 Å². The van der Waals surface area contributed by atoms with Crippen molar-refractivity contribution >= 4 is 36.1 Å². The van der Waals surface area contributed by atoms with E-state index >= 15 is 0 Å². The highest BCUT2D eigenvalue weighted by Crippen LogP contribution is 2.39. The normalized spacial score (nSPS) is 11.4. The first-order valence-corrected chi connectivity index (χ1v) is 8.32. The Hall–Kier alpha value is -2.47. The zero-order valence-electron chi connectivity index (χ0n) is 13.3. The molecule has 0 saturated heterocycles. The molecule has 3 amide bonds. The van der Waals surface area contributed by atoms with Crippen molar-refractivity contribution in [3.63, 3.8) is 0 Å². The summed E-state index contributed by atoms with van der Waals surface area (Å²) in [5, 5.41) is 5.65. The molecule has 0 bridgehead atoms. The third-order valence-electron chi connectivity index (χ3n) is 4.00. The number of urea groups is 1. The molecule has 0 atom stereocenters. The van der Waals surface area contributed by atoms with Gasteiger partial charge in [0.2, 0.25) is 5.91 Å². The van der Waals surface area contributed by atoms with Crippen molar-refractivity contribution in [3.8, 4) is 11.1 Å². The average molecular weight is 341 g/mol. The van der Waals surface area contributed by atoms with Gasteiger partial charge in [-0.25, -0.2) is 4.79 Å². The van der Waals surface area contributed by atoms with Gasteiger partial charge >= 0.3 is 6.03 Å². The molecule has 0 fully saturated rings. The van der Waals surface area contributed by atoms with Crippen molar-refractivity contribution in [1.29, 1.82) is 0 Å². The predicted octanol–water partition coefficient (Wildman–Crippen LogP) is 3.96. The molecule has 124 valence electrons. The number of nitrogens with one attached hydrogen (secondary N) is 3. The van der Waals surface area contributed by atoms with Crippen LogP contribution in [0.5, 0.6) is 0 Å². The van der Waals surface area contributed by atoms with E-state index < -0.39 is 0 Å². The standard InChI is InChI=1S/C18H19N3O2S/c1-2-3-17(22)19-13-4-6-15-11(9-13)8-12-10-14(5-7-16(12)15)20-18(23)21-24/h4-7,9-10,24H,2-3,8H2,1H3,(H,19,22)(H2,20,21,23). The molecule has 2 aromatic carbocycles. The first kappa shape index (κ1) is 16.4. The van der Waals surface area contributed by atoms with E-state index in [1.165, 1.54) is 11.1 Å². The number of fused-ring (bicyclic) bond motifs is 3. The van der Waals surface area contributed by atoms with Crippen LogP contribution in [-0.4, -0.2) is 11.9 Å². The molecular weight excluding hydrogens is 322 g/mol. The van der Waals surface area contributed by atoms with Gasteiger partial charge < -0.3 is 10.6 Å². The summed E-state index contributed by atoms with van der Waals surface area (Å²) in [6, 6.07) is 11.5. The number of hydrogen-bond donors (Lipinski definition) is 4. The molecule has 1 aliphatic carbocycles. The summed E-state index contributed by atoms with van der Waals surface area (Å²) in [5.74, 6) is 0.0391. The van der Waals surface area contributed by atoms with E-state index in [1.54, 1.807) is 0 Å². The fourth-order valence-electron chi connectivity index (χ4n) is 2.98. The maximum Gasteiger partial charge on any atom is 0.329 e. The quantitative estimate of drug-likeness (QED) is 0.543. The largest absolute Gasteiger partial charge is 0.329 e. The van der Waals surface area contributed by atoms with Crippen LogP contribution in [-0.2, 0) is 11.2 Å². The second-order valence-electron chi connectivity index (χ2n) is 5.78. The fourth-order valence-corrected chi connectivity index (χ4v) is 3.03. The molecule has 0 spiro atoms. The molecule has 0 heterocycles. The molecule has 6 heteroatoms. The Morgan fingerprint density at radius 3 is 2.12 bits per heavy atom. The number of hydrogen-bond acceptors (Lipinski definition) is 3. The van der Waals surface area contributed by atoms with Crippen molar-refractivity contribution in [1.82, 2.24) is 4.72 Å². The van der Waals surface area contributed by atoms with E-state index in [0.29, 0.717) is 6.42 Å². The van der Waals surface area contributed by atoms with Crippen LogP contribution >= 0.6 is 12.8 Å². The third-order valence-corrected chi connectivity index (χ3v) is 4.20. The summed E-state index contributed by atoms with van der Waals surface area (Å²) in [5.41, 5.74) is 6.21. The molecule has 0 saturated carbocycles. The molecule has 0 aromatic heterocycles. The monoisotopic (exact) mass is 341 g/mol. The summed E-state index contributed by atoms with van der Waals surface area (Å²) in [4.78, 5) is 23.1. The Labute approximate surface area is 146 Å². The number of amides is 3. The topological polar surface area (TPSA) is 70.2 Å². The van der Waals surface area contributed by atoms with Gasteiger partial charge in [-0.1, -0.05) is 31.9 Å². The van der Waals surface area contributed by atoms with Crippen molar-refractivity contribution in [2.45, 2.75) is 26.2 Å². The summed E-state index contributed by atoms with van der Waals surface area (Å²) in [6.45, 7) is 1.98. The van der Waals surface area contributed by atoms with Crippen molar-refractivity contribution < 1.29 is 9.59 Å². The average Bonchev–Trinajstić information content (AvgIpc) is 2.91. The zero-order valence-corrected chi connectivity index (χ0v) is 14.2. The zero-order chi connectivity index (χ0) is 17.1. The van der Waals surface area contributed by atoms with Crippen LogP contribution in [0.15, 0.2) is 36.4 Å². The van der Waals surface area contributed by atoms with E-state index in [0.717, 1.165) is 35.3 Å². The van der Waals surface area contributed by atoms with Gasteiger partial charge in [0.1, 0.15) is 0 Å². The van der Waals surface area contributed by atoms with Crippen LogP contribution in [0.3, 0.4) is 0 Å². The SMILES string of the molecule is CCCC(=O)Nc1ccc2c(c1)Cc1cc(NC(=O)NS)ccc1-2. The van der Waals surface area contributed by atoms with Crippen molar-refractivity contribution in [3.05, 3.63) is 47.5 Å². The lowest BCUT2D eigenvalue weighted by atomic mass is 10.0. The van der Waals surface area contributed by atoms with Gasteiger partial charge in [-0.15, -0.1) is 0 Å². The Morgan fingerprint density at radius 2 is 1.58 bits per heavy atom. The van der Waals surface area contributed by atoms with Gasteiger partial charge in [0, 0.05) is 17.8 Å². The molecule has 0 radical (unpaired) electrons. The maximum atomic E-state index is 11.7. The van der Waals surface area contributed by atoms with E-state index in [2.05, 4.69) is 28.2 Å². The lowest BCUT2D eigenvalue weighted by Crippen LogP contribution is -2.20. The number of benzene rings is 2. The Kier molecular flexibility index (Phi) is 4.76. The predicted molar refractivity (Wildman–Crippen MR) is 99.4 cm³/mol. The van der Waals surface area contributed by atoms with Crippen LogP contribution < -0.4 is 15.4 Å². The van der Waals surface area contributed by atoms with E-state index in [-0.39, 0.29) is 11.9 Å². The Balaban J connectivity index is 1.81. The lowest BCUT2D eigenvalue weighted by molar-refractivity contribution is -0.116. The second-order valence-corrected chi connectivity index (χ2v) is 6.01. The molecule has 1 aliphatic rings. The molecule has 2 aromatic rings. The first-order chi connectivity index (χ1) is 11.6. The molecule has 3 N–H and O–H groups in total. The highest BCUT2D eigenvalue weighted by atomic mass is 32.1. The van der Waals surface area contributed by atoms with Gasteiger partial charge in [-0.05, 0) is 59.4 Å². The fraction of sp³-hybridized carbons (Fsp3) is 0.222. The van der Waals surface area contributed by atoms with Crippen molar-refractivity contribution in [2.24, 2.45) is 0 Å². The highest BCUT2D eigenvalue weighted by Gasteiger charge is 2.19. The molecule has 24 heavy (non-hydrogen) atoms. The highest BCUT2D eigenvalue weighted by molar-refractivity contribution is 7.78. The minimum atomic E-state index is -0.366. The molecular formula is C18H19N3O2S. The summed E-state index contributed by atoms with van der Waals surface area (Å²) >= 11 is 3.72.